The number of sulfonamides is 2. The van der Waals surface area contributed by atoms with Gasteiger partial charge < -0.3 is 0 Å². The Morgan fingerprint density at radius 2 is 1.24 bits per heavy atom. The van der Waals surface area contributed by atoms with Gasteiger partial charge in [0.15, 0.2) is 0 Å². The summed E-state index contributed by atoms with van der Waals surface area (Å²) in [6.07, 6.45) is 3.18. The molecule has 5 aromatic rings. The fourth-order valence-corrected chi connectivity index (χ4v) is 9.61. The van der Waals surface area contributed by atoms with Crippen molar-refractivity contribution in [3.8, 4) is 0 Å². The molecule has 0 radical (unpaired) electrons. The van der Waals surface area contributed by atoms with E-state index in [0.717, 1.165) is 16.3 Å². The van der Waals surface area contributed by atoms with Crippen LogP contribution < -0.4 is 0 Å². The van der Waals surface area contributed by atoms with E-state index in [9.17, 15) is 16.8 Å². The second kappa shape index (κ2) is 10.6. The average Bonchev–Trinajstić information content (AvgIpc) is 3.01. The molecule has 3 heterocycles. The highest BCUT2D eigenvalue weighted by Crippen LogP contribution is 2.35. The van der Waals surface area contributed by atoms with Crippen molar-refractivity contribution in [3.05, 3.63) is 109 Å². The van der Waals surface area contributed by atoms with E-state index in [1.165, 1.54) is 4.31 Å². The van der Waals surface area contributed by atoms with Crippen LogP contribution >= 0.6 is 0 Å². The molecule has 0 N–H and O–H groups in total. The Morgan fingerprint density at radius 1 is 0.707 bits per heavy atom. The summed E-state index contributed by atoms with van der Waals surface area (Å²) in [6, 6.07) is 27.4. The van der Waals surface area contributed by atoms with Crippen molar-refractivity contribution in [2.45, 2.75) is 22.6 Å². The Kier molecular flexibility index (Phi) is 7.11. The summed E-state index contributed by atoms with van der Waals surface area (Å²) in [4.78, 5) is 9.08. The maximum atomic E-state index is 14.6. The third-order valence-electron chi connectivity index (χ3n) is 8.09. The van der Waals surface area contributed by atoms with Gasteiger partial charge in [0.05, 0.1) is 24.1 Å². The molecule has 1 fully saturated rings. The molecular weight excluding hydrogens is 556 g/mol. The lowest BCUT2D eigenvalue weighted by molar-refractivity contribution is -0.812. The van der Waals surface area contributed by atoms with E-state index in [-0.39, 0.29) is 45.8 Å². The fraction of sp³-hybridized carbons (Fsp3) is 0.226. The number of hydrogen-bond donors (Lipinski definition) is 0. The number of pyridine rings is 2. The molecule has 0 amide bonds. The van der Waals surface area contributed by atoms with Gasteiger partial charge in [-0.25, -0.2) is 12.3 Å². The summed E-state index contributed by atoms with van der Waals surface area (Å²) >= 11 is 0. The highest BCUT2D eigenvalue weighted by Gasteiger charge is 2.49. The van der Waals surface area contributed by atoms with Gasteiger partial charge >= 0.3 is 10.0 Å². The summed E-state index contributed by atoms with van der Waals surface area (Å²) in [6.45, 7) is 2.67. The van der Waals surface area contributed by atoms with E-state index in [1.54, 1.807) is 48.8 Å². The number of hydrogen-bond acceptors (Lipinski definition) is 6. The molecule has 0 saturated carbocycles. The molecule has 1 atom stereocenters. The first-order valence-corrected chi connectivity index (χ1v) is 16.4. The first kappa shape index (κ1) is 27.5. The van der Waals surface area contributed by atoms with Gasteiger partial charge in [0, 0.05) is 29.1 Å². The van der Waals surface area contributed by atoms with Crippen molar-refractivity contribution in [1.29, 1.82) is 0 Å². The second-order valence-electron chi connectivity index (χ2n) is 10.5. The lowest BCUT2D eigenvalue weighted by atomic mass is 10.0. The predicted octanol–water partition coefficient (Wildman–Crippen LogP) is 4.80. The van der Waals surface area contributed by atoms with Crippen molar-refractivity contribution in [2.24, 2.45) is 0 Å². The van der Waals surface area contributed by atoms with Gasteiger partial charge in [0.2, 0.25) is 10.0 Å². The smallest absolute Gasteiger partial charge is 0.255 e. The molecule has 210 valence electrons. The SMILES string of the molecule is CC(C[N+]1(S(=O)(=O)c2cccc3cccnc23)CCN(S(=O)(=O)c2cccc3cccnc23)CC1)c1ccccc1. The number of quaternary nitrogens is 1. The molecule has 8 nitrogen and oxygen atoms in total. The second-order valence-corrected chi connectivity index (χ2v) is 14.6. The van der Waals surface area contributed by atoms with Crippen LogP contribution in [0.4, 0.5) is 0 Å². The number of rotatable bonds is 7. The van der Waals surface area contributed by atoms with Crippen LogP contribution in [0.2, 0.25) is 0 Å². The fourth-order valence-electron chi connectivity index (χ4n) is 5.88. The van der Waals surface area contributed by atoms with Gasteiger partial charge in [-0.3, -0.25) is 9.97 Å². The summed E-state index contributed by atoms with van der Waals surface area (Å²) in [7, 11) is -7.89. The zero-order chi connectivity index (χ0) is 28.7. The standard InChI is InChI=1S/C31H31N4O4S2/c1-24(25-9-3-2-4-10-25)23-35(41(38,39)29-16-6-12-27-14-8-18-33-31(27)29)21-19-34(20-22-35)40(36,37)28-15-5-11-26-13-7-17-32-30(26)28/h2-18,24H,19-23H2,1H3/q+1. The number of aromatic nitrogens is 2. The Bertz CT molecular complexity index is 1930. The van der Waals surface area contributed by atoms with E-state index < -0.39 is 20.0 Å². The van der Waals surface area contributed by atoms with Crippen LogP contribution in [0.15, 0.2) is 113 Å². The number of nitrogens with zero attached hydrogens (tertiary/aromatic N) is 4. The van der Waals surface area contributed by atoms with Gasteiger partial charge in [0.25, 0.3) is 0 Å². The quantitative estimate of drug-likeness (QED) is 0.254. The van der Waals surface area contributed by atoms with E-state index in [4.69, 9.17) is 0 Å². The van der Waals surface area contributed by atoms with E-state index >= 15 is 0 Å². The molecule has 0 spiro atoms. The molecule has 0 aliphatic carbocycles. The van der Waals surface area contributed by atoms with Crippen LogP contribution in [-0.4, -0.2) is 67.7 Å². The van der Waals surface area contributed by atoms with Crippen molar-refractivity contribution in [2.75, 3.05) is 32.7 Å². The Balaban J connectivity index is 1.40. The third kappa shape index (κ3) is 4.80. The first-order chi connectivity index (χ1) is 19.7. The molecule has 3 aromatic carbocycles. The van der Waals surface area contributed by atoms with Crippen molar-refractivity contribution in [1.82, 2.24) is 14.3 Å². The van der Waals surface area contributed by atoms with Gasteiger partial charge in [-0.05, 0) is 29.8 Å². The summed E-state index contributed by atoms with van der Waals surface area (Å²) in [5.41, 5.74) is 1.87. The number of piperazine rings is 1. The summed E-state index contributed by atoms with van der Waals surface area (Å²) < 4.78 is 58.2. The van der Waals surface area contributed by atoms with Crippen molar-refractivity contribution in [3.63, 3.8) is 0 Å². The Hall–Kier alpha value is -3.70. The zero-order valence-electron chi connectivity index (χ0n) is 22.7. The molecule has 0 bridgehead atoms. The Morgan fingerprint density at radius 3 is 1.85 bits per heavy atom. The predicted molar refractivity (Wildman–Crippen MR) is 159 cm³/mol. The van der Waals surface area contributed by atoms with E-state index in [1.807, 2.05) is 61.5 Å². The summed E-state index contributed by atoms with van der Waals surface area (Å²) in [5, 5.41) is 1.48. The lowest BCUT2D eigenvalue weighted by Crippen LogP contribution is -2.63. The number of benzene rings is 3. The molecule has 1 unspecified atom stereocenters. The minimum absolute atomic E-state index is 0.0600. The van der Waals surface area contributed by atoms with Crippen LogP contribution in [-0.2, 0) is 20.0 Å². The Labute approximate surface area is 240 Å². The maximum Gasteiger partial charge on any atom is 0.329 e. The van der Waals surface area contributed by atoms with Crippen LogP contribution in [0.5, 0.6) is 0 Å². The van der Waals surface area contributed by atoms with Gasteiger partial charge in [0.1, 0.15) is 29.4 Å². The molecule has 41 heavy (non-hydrogen) atoms. The highest BCUT2D eigenvalue weighted by atomic mass is 32.2. The minimum atomic E-state index is -3.98. The molecule has 2 aromatic heterocycles. The van der Waals surface area contributed by atoms with Crippen LogP contribution in [0.1, 0.15) is 18.4 Å². The molecular formula is C31H31N4O4S2+. The van der Waals surface area contributed by atoms with Crippen molar-refractivity contribution < 1.29 is 20.7 Å². The molecule has 1 aliphatic heterocycles. The monoisotopic (exact) mass is 587 g/mol. The summed E-state index contributed by atoms with van der Waals surface area (Å²) in [5.74, 6) is -0.0839. The van der Waals surface area contributed by atoms with Gasteiger partial charge in [-0.1, -0.05) is 73.7 Å². The number of fused-ring (bicyclic) bond motifs is 2. The average molecular weight is 588 g/mol. The lowest BCUT2D eigenvalue weighted by Gasteiger charge is -2.44. The van der Waals surface area contributed by atoms with Crippen LogP contribution in [0.25, 0.3) is 21.8 Å². The molecule has 6 rings (SSSR count). The van der Waals surface area contributed by atoms with E-state index in [2.05, 4.69) is 9.97 Å². The van der Waals surface area contributed by atoms with E-state index in [0.29, 0.717) is 17.6 Å². The minimum Gasteiger partial charge on any atom is -0.255 e. The number of para-hydroxylation sites is 2. The third-order valence-corrected chi connectivity index (χ3v) is 12.4. The van der Waals surface area contributed by atoms with Gasteiger partial charge in [-0.15, -0.1) is 0 Å². The van der Waals surface area contributed by atoms with Crippen LogP contribution in [0.3, 0.4) is 0 Å². The topological polar surface area (TPSA) is 97.3 Å². The normalized spacial score (nSPS) is 17.0. The first-order valence-electron chi connectivity index (χ1n) is 13.6. The molecule has 10 heteroatoms. The highest BCUT2D eigenvalue weighted by molar-refractivity contribution is 7.89. The zero-order valence-corrected chi connectivity index (χ0v) is 24.3. The largest absolute Gasteiger partial charge is 0.329 e. The molecule has 1 aliphatic rings. The maximum absolute atomic E-state index is 14.6. The van der Waals surface area contributed by atoms with Crippen molar-refractivity contribution >= 4 is 41.9 Å². The van der Waals surface area contributed by atoms with Gasteiger partial charge in [-0.2, -0.15) is 12.7 Å². The molecule has 1 saturated heterocycles. The van der Waals surface area contributed by atoms with Crippen LogP contribution in [0, 0.1) is 0 Å².